The van der Waals surface area contributed by atoms with Gasteiger partial charge in [-0.2, -0.15) is 0 Å². The van der Waals surface area contributed by atoms with Crippen LogP contribution >= 0.6 is 11.8 Å². The fraction of sp³-hybridized carbons (Fsp3) is 0.333. The van der Waals surface area contributed by atoms with Crippen molar-refractivity contribution in [1.29, 1.82) is 0 Å². The highest BCUT2D eigenvalue weighted by Gasteiger charge is 2.29. The second-order valence-electron chi connectivity index (χ2n) is 5.04. The van der Waals surface area contributed by atoms with Crippen molar-refractivity contribution in [3.8, 4) is 0 Å². The standard InChI is InChI=1S/C15H17N3OS/c16-14(19)12(8-11-4-2-1-3-5-11)9-13-10-20-15-17-6-7-18(13)15/h1-5,10,12H,6-9H2,(H2,16,19)/t12-/m1/s1. The van der Waals surface area contributed by atoms with Crippen molar-refractivity contribution in [1.82, 2.24) is 4.90 Å². The number of hydrogen-bond acceptors (Lipinski definition) is 4. The number of amides is 1. The molecule has 1 aromatic carbocycles. The second-order valence-corrected chi connectivity index (χ2v) is 5.87. The number of rotatable bonds is 5. The van der Waals surface area contributed by atoms with Crippen LogP contribution in [-0.4, -0.2) is 29.1 Å². The van der Waals surface area contributed by atoms with Crippen LogP contribution in [0.15, 0.2) is 46.4 Å². The minimum Gasteiger partial charge on any atom is -0.369 e. The minimum absolute atomic E-state index is 0.163. The molecule has 2 aliphatic rings. The molecule has 1 amide bonds. The molecule has 0 aromatic heterocycles. The molecule has 5 heteroatoms. The summed E-state index contributed by atoms with van der Waals surface area (Å²) in [4.78, 5) is 18.3. The van der Waals surface area contributed by atoms with Gasteiger partial charge in [-0.15, -0.1) is 0 Å². The van der Waals surface area contributed by atoms with Gasteiger partial charge < -0.3 is 10.6 Å². The van der Waals surface area contributed by atoms with Crippen molar-refractivity contribution < 1.29 is 4.79 Å². The van der Waals surface area contributed by atoms with Crippen molar-refractivity contribution in [3.05, 3.63) is 47.0 Å². The van der Waals surface area contributed by atoms with Gasteiger partial charge in [0.25, 0.3) is 0 Å². The summed E-state index contributed by atoms with van der Waals surface area (Å²) < 4.78 is 0. The molecule has 0 aliphatic carbocycles. The van der Waals surface area contributed by atoms with Gasteiger partial charge in [0.15, 0.2) is 5.17 Å². The Balaban J connectivity index is 1.69. The number of fused-ring (bicyclic) bond motifs is 1. The molecular weight excluding hydrogens is 270 g/mol. The first-order valence-electron chi connectivity index (χ1n) is 6.75. The lowest BCUT2D eigenvalue weighted by atomic mass is 9.94. The zero-order valence-electron chi connectivity index (χ0n) is 11.2. The molecule has 0 saturated carbocycles. The van der Waals surface area contributed by atoms with Crippen LogP contribution < -0.4 is 5.73 Å². The maximum atomic E-state index is 11.7. The summed E-state index contributed by atoms with van der Waals surface area (Å²) in [6.07, 6.45) is 1.38. The Morgan fingerprint density at radius 3 is 2.90 bits per heavy atom. The summed E-state index contributed by atoms with van der Waals surface area (Å²) in [7, 11) is 0. The molecule has 4 nitrogen and oxygen atoms in total. The molecule has 1 atom stereocenters. The van der Waals surface area contributed by atoms with Crippen LogP contribution in [0.5, 0.6) is 0 Å². The molecule has 20 heavy (non-hydrogen) atoms. The zero-order valence-corrected chi connectivity index (χ0v) is 12.0. The number of benzene rings is 1. The molecular formula is C15H17N3OS. The van der Waals surface area contributed by atoms with E-state index in [1.54, 1.807) is 11.8 Å². The van der Waals surface area contributed by atoms with Crippen LogP contribution in [0.3, 0.4) is 0 Å². The summed E-state index contributed by atoms with van der Waals surface area (Å²) in [6, 6.07) is 10.0. The van der Waals surface area contributed by atoms with Crippen LogP contribution in [-0.2, 0) is 11.2 Å². The van der Waals surface area contributed by atoms with E-state index in [9.17, 15) is 4.79 Å². The van der Waals surface area contributed by atoms with Gasteiger partial charge in [-0.25, -0.2) is 0 Å². The summed E-state index contributed by atoms with van der Waals surface area (Å²) >= 11 is 1.64. The van der Waals surface area contributed by atoms with Gasteiger partial charge in [-0.3, -0.25) is 9.79 Å². The predicted molar refractivity (Wildman–Crippen MR) is 82.1 cm³/mol. The molecule has 2 heterocycles. The Morgan fingerprint density at radius 2 is 2.15 bits per heavy atom. The summed E-state index contributed by atoms with van der Waals surface area (Å²) in [5, 5.41) is 3.15. The number of hydrogen-bond donors (Lipinski definition) is 1. The van der Waals surface area contributed by atoms with E-state index in [-0.39, 0.29) is 11.8 Å². The third-order valence-electron chi connectivity index (χ3n) is 3.63. The molecule has 0 fully saturated rings. The summed E-state index contributed by atoms with van der Waals surface area (Å²) in [5.41, 5.74) is 7.90. The number of aliphatic imine (C=N–C) groups is 1. The van der Waals surface area contributed by atoms with Crippen molar-refractivity contribution in [2.24, 2.45) is 16.6 Å². The third-order valence-corrected chi connectivity index (χ3v) is 4.58. The number of amidine groups is 1. The average Bonchev–Trinajstić information content (AvgIpc) is 3.04. The molecule has 0 spiro atoms. The lowest BCUT2D eigenvalue weighted by Crippen LogP contribution is -2.29. The van der Waals surface area contributed by atoms with Gasteiger partial charge >= 0.3 is 0 Å². The second kappa shape index (κ2) is 5.71. The van der Waals surface area contributed by atoms with Gasteiger partial charge in [0.2, 0.25) is 5.91 Å². The highest BCUT2D eigenvalue weighted by atomic mass is 32.2. The largest absolute Gasteiger partial charge is 0.369 e. The third kappa shape index (κ3) is 2.72. The van der Waals surface area contributed by atoms with Gasteiger partial charge in [0.1, 0.15) is 0 Å². The first-order chi connectivity index (χ1) is 9.74. The van der Waals surface area contributed by atoms with Crippen LogP contribution in [0.25, 0.3) is 0 Å². The summed E-state index contributed by atoms with van der Waals surface area (Å²) in [5.74, 6) is -0.395. The van der Waals surface area contributed by atoms with Crippen LogP contribution in [0.2, 0.25) is 0 Å². The molecule has 3 rings (SSSR count). The lowest BCUT2D eigenvalue weighted by Gasteiger charge is -2.20. The number of carbonyl (C=O) groups is 1. The van der Waals surface area contributed by atoms with Gasteiger partial charge in [0, 0.05) is 24.6 Å². The molecule has 0 unspecified atom stereocenters. The Bertz CT molecular complexity index is 568. The van der Waals surface area contributed by atoms with E-state index in [2.05, 4.69) is 15.3 Å². The minimum atomic E-state index is -0.232. The van der Waals surface area contributed by atoms with Crippen LogP contribution in [0.4, 0.5) is 0 Å². The van der Waals surface area contributed by atoms with E-state index in [1.165, 1.54) is 5.70 Å². The van der Waals surface area contributed by atoms with Gasteiger partial charge in [0.05, 0.1) is 6.54 Å². The van der Waals surface area contributed by atoms with Crippen molar-refractivity contribution in [2.45, 2.75) is 12.8 Å². The molecule has 104 valence electrons. The SMILES string of the molecule is NC(=O)[C@@H](CC1=CSC2=NCCN12)Cc1ccccc1. The van der Waals surface area contributed by atoms with Crippen LogP contribution in [0.1, 0.15) is 12.0 Å². The smallest absolute Gasteiger partial charge is 0.221 e. The first kappa shape index (κ1) is 13.2. The first-order valence-corrected chi connectivity index (χ1v) is 7.63. The van der Waals surface area contributed by atoms with Gasteiger partial charge in [-0.05, 0) is 17.4 Å². The van der Waals surface area contributed by atoms with Crippen molar-refractivity contribution in [2.75, 3.05) is 13.1 Å². The molecule has 0 radical (unpaired) electrons. The quantitative estimate of drug-likeness (QED) is 0.901. The van der Waals surface area contributed by atoms with E-state index in [0.717, 1.165) is 23.8 Å². The molecule has 2 aliphatic heterocycles. The maximum Gasteiger partial charge on any atom is 0.221 e. The lowest BCUT2D eigenvalue weighted by molar-refractivity contribution is -0.121. The highest BCUT2D eigenvalue weighted by molar-refractivity contribution is 8.16. The fourth-order valence-electron chi connectivity index (χ4n) is 2.56. The highest BCUT2D eigenvalue weighted by Crippen LogP contribution is 2.33. The van der Waals surface area contributed by atoms with E-state index < -0.39 is 0 Å². The number of nitrogens with two attached hydrogens (primary N) is 1. The fourth-order valence-corrected chi connectivity index (χ4v) is 3.53. The normalized spacial score (nSPS) is 18.5. The Kier molecular flexibility index (Phi) is 3.78. The molecule has 0 saturated heterocycles. The molecule has 2 N–H and O–H groups in total. The topological polar surface area (TPSA) is 58.7 Å². The van der Waals surface area contributed by atoms with E-state index >= 15 is 0 Å². The monoisotopic (exact) mass is 287 g/mol. The van der Waals surface area contributed by atoms with Crippen LogP contribution in [0, 0.1) is 5.92 Å². The predicted octanol–water partition coefficient (Wildman–Crippen LogP) is 1.98. The molecule has 0 bridgehead atoms. The Hall–Kier alpha value is -1.75. The van der Waals surface area contributed by atoms with Crippen molar-refractivity contribution >= 4 is 22.8 Å². The number of carbonyl (C=O) groups excluding carboxylic acids is 1. The van der Waals surface area contributed by atoms with E-state index in [4.69, 9.17) is 5.73 Å². The zero-order chi connectivity index (χ0) is 13.9. The number of nitrogens with zero attached hydrogens (tertiary/aromatic N) is 2. The molecule has 1 aromatic rings. The number of allylic oxidation sites excluding steroid dienone is 1. The summed E-state index contributed by atoms with van der Waals surface area (Å²) in [6.45, 7) is 1.77. The Morgan fingerprint density at radius 1 is 1.35 bits per heavy atom. The van der Waals surface area contributed by atoms with E-state index in [1.807, 2.05) is 30.3 Å². The van der Waals surface area contributed by atoms with Gasteiger partial charge in [-0.1, -0.05) is 42.1 Å². The van der Waals surface area contributed by atoms with Crippen molar-refractivity contribution in [3.63, 3.8) is 0 Å². The van der Waals surface area contributed by atoms with E-state index in [0.29, 0.717) is 12.8 Å². The number of thioether (sulfide) groups is 1. The Labute approximate surface area is 122 Å². The number of primary amides is 1. The average molecular weight is 287 g/mol. The maximum absolute atomic E-state index is 11.7.